The monoisotopic (exact) mass is 293 g/mol. The molecule has 1 aromatic heterocycles. The fourth-order valence-corrected chi connectivity index (χ4v) is 1.86. The van der Waals surface area contributed by atoms with Crippen LogP contribution >= 0.6 is 0 Å². The van der Waals surface area contributed by atoms with E-state index in [1.807, 2.05) is 0 Å². The Labute approximate surface area is 115 Å². The van der Waals surface area contributed by atoms with Gasteiger partial charge in [-0.05, 0) is 30.3 Å². The Morgan fingerprint density at radius 1 is 1.10 bits per heavy atom. The number of hydrogen-bond acceptors (Lipinski definition) is 3. The van der Waals surface area contributed by atoms with Crippen molar-refractivity contribution in [2.24, 2.45) is 0 Å². The summed E-state index contributed by atoms with van der Waals surface area (Å²) >= 11 is 0. The molecule has 106 valence electrons. The zero-order chi connectivity index (χ0) is 15.1. The van der Waals surface area contributed by atoms with Crippen molar-refractivity contribution in [3.63, 3.8) is 0 Å². The first-order chi connectivity index (χ1) is 9.97. The summed E-state index contributed by atoms with van der Waals surface area (Å²) in [6, 6.07) is 5.65. The smallest absolute Gasteiger partial charge is 0.335 e. The van der Waals surface area contributed by atoms with Crippen molar-refractivity contribution in [1.82, 2.24) is 4.98 Å². The van der Waals surface area contributed by atoms with Crippen molar-refractivity contribution >= 4 is 17.1 Å². The van der Waals surface area contributed by atoms with E-state index >= 15 is 0 Å². The Morgan fingerprint density at radius 3 is 2.57 bits per heavy atom. The van der Waals surface area contributed by atoms with Gasteiger partial charge in [-0.3, -0.25) is 0 Å². The van der Waals surface area contributed by atoms with Crippen molar-refractivity contribution in [3.05, 3.63) is 53.3 Å². The average molecular weight is 293 g/mol. The molecule has 2 aromatic carbocycles. The van der Waals surface area contributed by atoms with E-state index in [-0.39, 0.29) is 28.1 Å². The number of oxazole rings is 1. The van der Waals surface area contributed by atoms with Crippen LogP contribution in [0.1, 0.15) is 10.4 Å². The summed E-state index contributed by atoms with van der Waals surface area (Å²) < 4.78 is 45.0. The van der Waals surface area contributed by atoms with Crippen molar-refractivity contribution in [1.29, 1.82) is 0 Å². The Bertz CT molecular complexity index is 873. The maximum absolute atomic E-state index is 13.7. The number of hydrogen-bond donors (Lipinski definition) is 1. The lowest BCUT2D eigenvalue weighted by atomic mass is 10.2. The van der Waals surface area contributed by atoms with Crippen LogP contribution < -0.4 is 0 Å². The summed E-state index contributed by atoms with van der Waals surface area (Å²) in [7, 11) is 0. The molecule has 0 amide bonds. The van der Waals surface area contributed by atoms with E-state index in [0.29, 0.717) is 0 Å². The molecule has 3 aromatic rings. The van der Waals surface area contributed by atoms with E-state index in [0.717, 1.165) is 12.1 Å². The van der Waals surface area contributed by atoms with Crippen LogP contribution in [-0.4, -0.2) is 16.1 Å². The van der Waals surface area contributed by atoms with Crippen molar-refractivity contribution < 1.29 is 27.5 Å². The summed E-state index contributed by atoms with van der Waals surface area (Å²) in [6.07, 6.45) is 0. The van der Waals surface area contributed by atoms with E-state index < -0.39 is 23.4 Å². The Hall–Kier alpha value is -2.83. The van der Waals surface area contributed by atoms with Crippen LogP contribution in [0.5, 0.6) is 0 Å². The highest BCUT2D eigenvalue weighted by Crippen LogP contribution is 2.28. The summed E-state index contributed by atoms with van der Waals surface area (Å²) in [6.45, 7) is 0. The molecule has 4 nitrogen and oxygen atoms in total. The molecule has 1 N–H and O–H groups in total. The fourth-order valence-electron chi connectivity index (χ4n) is 1.86. The van der Waals surface area contributed by atoms with Crippen LogP contribution in [0.2, 0.25) is 0 Å². The average Bonchev–Trinajstić information content (AvgIpc) is 2.87. The van der Waals surface area contributed by atoms with Gasteiger partial charge in [0.2, 0.25) is 5.89 Å². The van der Waals surface area contributed by atoms with Gasteiger partial charge in [-0.15, -0.1) is 0 Å². The van der Waals surface area contributed by atoms with Crippen LogP contribution in [0.4, 0.5) is 13.2 Å². The Morgan fingerprint density at radius 2 is 1.86 bits per heavy atom. The minimum Gasteiger partial charge on any atom is -0.478 e. The van der Waals surface area contributed by atoms with E-state index in [4.69, 9.17) is 9.52 Å². The largest absolute Gasteiger partial charge is 0.478 e. The second kappa shape index (κ2) is 4.62. The highest BCUT2D eigenvalue weighted by Gasteiger charge is 2.19. The van der Waals surface area contributed by atoms with E-state index in [1.54, 1.807) is 0 Å². The maximum Gasteiger partial charge on any atom is 0.335 e. The van der Waals surface area contributed by atoms with E-state index in [1.165, 1.54) is 18.2 Å². The number of rotatable bonds is 2. The second-order valence-corrected chi connectivity index (χ2v) is 4.23. The molecule has 21 heavy (non-hydrogen) atoms. The number of benzene rings is 2. The Kier molecular flexibility index (Phi) is 2.90. The van der Waals surface area contributed by atoms with Crippen LogP contribution in [-0.2, 0) is 0 Å². The number of nitrogens with zero attached hydrogens (tertiary/aromatic N) is 1. The number of fused-ring (bicyclic) bond motifs is 1. The zero-order valence-corrected chi connectivity index (χ0v) is 10.2. The van der Waals surface area contributed by atoms with Gasteiger partial charge < -0.3 is 9.52 Å². The minimum absolute atomic E-state index is 0.0315. The van der Waals surface area contributed by atoms with Crippen LogP contribution in [0, 0.1) is 17.5 Å². The molecule has 0 aliphatic heterocycles. The molecular formula is C14H6F3NO3. The highest BCUT2D eigenvalue weighted by molar-refractivity contribution is 5.92. The fraction of sp³-hybridized carbons (Fsp3) is 0. The van der Waals surface area contributed by atoms with Gasteiger partial charge in [-0.1, -0.05) is 0 Å². The summed E-state index contributed by atoms with van der Waals surface area (Å²) in [4.78, 5) is 14.8. The number of carbonyl (C=O) groups is 1. The van der Waals surface area contributed by atoms with Gasteiger partial charge in [-0.2, -0.15) is 0 Å². The van der Waals surface area contributed by atoms with Crippen LogP contribution in [0.25, 0.3) is 22.6 Å². The van der Waals surface area contributed by atoms with Crippen molar-refractivity contribution in [2.75, 3.05) is 0 Å². The summed E-state index contributed by atoms with van der Waals surface area (Å²) in [5.41, 5.74) is 0.00565. The molecule has 0 saturated carbocycles. The molecule has 0 fully saturated rings. The number of carboxylic acids is 1. The second-order valence-electron chi connectivity index (χ2n) is 4.23. The number of halogens is 3. The van der Waals surface area contributed by atoms with Crippen LogP contribution in [0.3, 0.4) is 0 Å². The standard InChI is InChI=1S/C14H6F3NO3/c15-8-3-2-7(11(16)12(8)17)13-18-9-4-1-6(14(19)20)5-10(9)21-13/h1-5H,(H,19,20). The van der Waals surface area contributed by atoms with Gasteiger partial charge >= 0.3 is 5.97 Å². The molecule has 0 atom stereocenters. The normalized spacial score (nSPS) is 11.0. The molecule has 0 aliphatic rings. The topological polar surface area (TPSA) is 63.3 Å². The molecule has 3 rings (SSSR count). The van der Waals surface area contributed by atoms with Gasteiger partial charge in [0.1, 0.15) is 5.52 Å². The van der Waals surface area contributed by atoms with Gasteiger partial charge in [0, 0.05) is 0 Å². The lowest BCUT2D eigenvalue weighted by molar-refractivity contribution is 0.0697. The number of carboxylic acid groups (broad SMARTS) is 1. The first-order valence-electron chi connectivity index (χ1n) is 5.75. The number of aromatic carboxylic acids is 1. The molecule has 0 radical (unpaired) electrons. The van der Waals surface area contributed by atoms with Crippen molar-refractivity contribution in [3.8, 4) is 11.5 Å². The van der Waals surface area contributed by atoms with Crippen LogP contribution in [0.15, 0.2) is 34.7 Å². The highest BCUT2D eigenvalue weighted by atomic mass is 19.2. The third kappa shape index (κ3) is 2.12. The third-order valence-corrected chi connectivity index (χ3v) is 2.90. The van der Waals surface area contributed by atoms with E-state index in [9.17, 15) is 18.0 Å². The quantitative estimate of drug-likeness (QED) is 0.733. The van der Waals surface area contributed by atoms with E-state index in [2.05, 4.69) is 4.98 Å². The molecule has 7 heteroatoms. The van der Waals surface area contributed by atoms with Crippen molar-refractivity contribution in [2.45, 2.75) is 0 Å². The van der Waals surface area contributed by atoms with Gasteiger partial charge in [0.15, 0.2) is 23.0 Å². The molecule has 1 heterocycles. The van der Waals surface area contributed by atoms with Gasteiger partial charge in [0.25, 0.3) is 0 Å². The summed E-state index contributed by atoms with van der Waals surface area (Å²) in [5.74, 6) is -5.78. The van der Waals surface area contributed by atoms with Gasteiger partial charge in [-0.25, -0.2) is 22.9 Å². The Balaban J connectivity index is 2.18. The molecule has 0 saturated heterocycles. The predicted molar refractivity (Wildman–Crippen MR) is 66.3 cm³/mol. The molecule has 0 aliphatic carbocycles. The predicted octanol–water partition coefficient (Wildman–Crippen LogP) is 3.61. The summed E-state index contributed by atoms with van der Waals surface area (Å²) in [5, 5.41) is 8.87. The zero-order valence-electron chi connectivity index (χ0n) is 10.2. The lowest BCUT2D eigenvalue weighted by Gasteiger charge is -1.99. The molecular weight excluding hydrogens is 287 g/mol. The lowest BCUT2D eigenvalue weighted by Crippen LogP contribution is -1.94. The SMILES string of the molecule is O=C(O)c1ccc2nc(-c3ccc(F)c(F)c3F)oc2c1. The van der Waals surface area contributed by atoms with Gasteiger partial charge in [0.05, 0.1) is 11.1 Å². The maximum atomic E-state index is 13.7. The minimum atomic E-state index is -1.62. The third-order valence-electron chi connectivity index (χ3n) is 2.90. The number of aromatic nitrogens is 1. The molecule has 0 bridgehead atoms. The molecule has 0 unspecified atom stereocenters. The first-order valence-corrected chi connectivity index (χ1v) is 5.75. The first kappa shape index (κ1) is 13.2. The molecule has 0 spiro atoms.